The van der Waals surface area contributed by atoms with E-state index < -0.39 is 9.05 Å². The van der Waals surface area contributed by atoms with Crippen molar-refractivity contribution in [2.45, 2.75) is 4.90 Å². The number of halogens is 1. The molecule has 11 heavy (non-hydrogen) atoms. The molecule has 0 aliphatic rings. The predicted octanol–water partition coefficient (Wildman–Crippen LogP) is 1.02. The first-order valence-corrected chi connectivity index (χ1v) is 4.84. The lowest BCUT2D eigenvalue weighted by Crippen LogP contribution is -1.91. The molecule has 0 spiro atoms. The van der Waals surface area contributed by atoms with Crippen molar-refractivity contribution in [3.63, 3.8) is 0 Å². The average molecular weight is 195 g/mol. The van der Waals surface area contributed by atoms with E-state index in [0.717, 1.165) is 12.3 Å². The molecule has 0 saturated heterocycles. The number of rotatable bonds is 2. The first-order valence-electron chi connectivity index (χ1n) is 2.53. The molecule has 0 aliphatic heterocycles. The van der Waals surface area contributed by atoms with Crippen molar-refractivity contribution in [3.05, 3.63) is 18.1 Å². The summed E-state index contributed by atoms with van der Waals surface area (Å²) in [5.41, 5.74) is 0. The molecule has 4 nitrogen and oxygen atoms in total. The molecule has 0 aromatic carbocycles. The van der Waals surface area contributed by atoms with Crippen LogP contribution in [-0.4, -0.2) is 14.7 Å². The minimum absolute atomic E-state index is 0.278. The van der Waals surface area contributed by atoms with Gasteiger partial charge in [0.25, 0.3) is 9.05 Å². The van der Waals surface area contributed by atoms with E-state index in [4.69, 9.17) is 10.7 Å². The Bertz CT molecular complexity index is 364. The third-order valence-corrected chi connectivity index (χ3v) is 2.39. The summed E-state index contributed by atoms with van der Waals surface area (Å²) in [6.45, 7) is 0. The molecule has 1 aromatic rings. The summed E-state index contributed by atoms with van der Waals surface area (Å²) in [6.07, 6.45) is 1.37. The number of furan rings is 1. The van der Waals surface area contributed by atoms with Gasteiger partial charge in [0, 0.05) is 10.7 Å². The quantitative estimate of drug-likeness (QED) is 0.521. The summed E-state index contributed by atoms with van der Waals surface area (Å²) in [4.78, 5) is 9.82. The van der Waals surface area contributed by atoms with Gasteiger partial charge in [-0.1, -0.05) is 0 Å². The topological polar surface area (TPSA) is 64.3 Å². The molecular weight excluding hydrogens is 192 g/mol. The largest absolute Gasteiger partial charge is 0.460 e. The van der Waals surface area contributed by atoms with Gasteiger partial charge < -0.3 is 4.42 Å². The van der Waals surface area contributed by atoms with Crippen LogP contribution in [0.25, 0.3) is 0 Å². The molecule has 0 N–H and O–H groups in total. The van der Waals surface area contributed by atoms with E-state index in [0.29, 0.717) is 0 Å². The summed E-state index contributed by atoms with van der Waals surface area (Å²) >= 11 is 0. The Balaban J connectivity index is 3.35. The number of carbonyl (C=O) groups excluding carboxylic acids is 1. The molecule has 0 unspecified atom stereocenters. The predicted molar refractivity (Wildman–Crippen MR) is 37.1 cm³/mol. The molecule has 60 valence electrons. The molecule has 0 bridgehead atoms. The fourth-order valence-electron chi connectivity index (χ4n) is 0.597. The number of carbonyl (C=O) groups is 1. The summed E-state index contributed by atoms with van der Waals surface area (Å²) in [6, 6.07) is 1.12. The van der Waals surface area contributed by atoms with E-state index in [1.165, 1.54) is 0 Å². The lowest BCUT2D eigenvalue weighted by atomic mass is 10.5. The Morgan fingerprint density at radius 2 is 2.18 bits per heavy atom. The number of hydrogen-bond acceptors (Lipinski definition) is 4. The number of hydrogen-bond donors (Lipinski definition) is 0. The van der Waals surface area contributed by atoms with Crippen molar-refractivity contribution in [2.24, 2.45) is 0 Å². The molecular formula is C5H3ClO4S. The van der Waals surface area contributed by atoms with Crippen LogP contribution in [0.15, 0.2) is 21.6 Å². The van der Waals surface area contributed by atoms with Crippen LogP contribution >= 0.6 is 10.7 Å². The van der Waals surface area contributed by atoms with Crippen LogP contribution in [0.5, 0.6) is 0 Å². The molecule has 1 rings (SSSR count). The van der Waals surface area contributed by atoms with E-state index in [2.05, 4.69) is 4.42 Å². The third-order valence-electron chi connectivity index (χ3n) is 1.03. The van der Waals surface area contributed by atoms with Gasteiger partial charge in [0.15, 0.2) is 12.0 Å². The first-order chi connectivity index (χ1) is 5.05. The zero-order chi connectivity index (χ0) is 8.48. The van der Waals surface area contributed by atoms with Crippen molar-refractivity contribution < 1.29 is 17.6 Å². The van der Waals surface area contributed by atoms with Crippen LogP contribution in [0, 0.1) is 0 Å². The molecule has 0 saturated carbocycles. The van der Waals surface area contributed by atoms with Crippen LogP contribution in [0.2, 0.25) is 0 Å². The monoisotopic (exact) mass is 194 g/mol. The van der Waals surface area contributed by atoms with Gasteiger partial charge in [0.05, 0.1) is 6.26 Å². The van der Waals surface area contributed by atoms with Crippen LogP contribution < -0.4 is 0 Å². The SMILES string of the molecule is O=Cc1occc1S(=O)(=O)Cl. The summed E-state index contributed by atoms with van der Waals surface area (Å²) in [5, 5.41) is 0. The lowest BCUT2D eigenvalue weighted by Gasteiger charge is -1.87. The van der Waals surface area contributed by atoms with E-state index in [1.807, 2.05) is 0 Å². The smallest absolute Gasteiger partial charge is 0.265 e. The van der Waals surface area contributed by atoms with Gasteiger partial charge in [-0.3, -0.25) is 4.79 Å². The Labute approximate surface area is 67.2 Å². The Morgan fingerprint density at radius 1 is 1.55 bits per heavy atom. The van der Waals surface area contributed by atoms with Crippen LogP contribution in [0.3, 0.4) is 0 Å². The van der Waals surface area contributed by atoms with Crippen LogP contribution in [-0.2, 0) is 9.05 Å². The second kappa shape index (κ2) is 2.67. The maximum atomic E-state index is 10.6. The van der Waals surface area contributed by atoms with Crippen molar-refractivity contribution >= 4 is 26.0 Å². The first kappa shape index (κ1) is 8.29. The molecule has 0 fully saturated rings. The van der Waals surface area contributed by atoms with Gasteiger partial charge in [-0.25, -0.2) is 8.42 Å². The second-order valence-corrected chi connectivity index (χ2v) is 4.24. The zero-order valence-corrected chi connectivity index (χ0v) is 6.72. The fourth-order valence-corrected chi connectivity index (χ4v) is 1.53. The van der Waals surface area contributed by atoms with Crippen molar-refractivity contribution in [2.75, 3.05) is 0 Å². The van der Waals surface area contributed by atoms with Gasteiger partial charge in [-0.05, 0) is 6.07 Å². The molecule has 6 heteroatoms. The van der Waals surface area contributed by atoms with E-state index >= 15 is 0 Å². The van der Waals surface area contributed by atoms with Gasteiger partial charge in [-0.2, -0.15) is 0 Å². The Hall–Kier alpha value is -0.810. The minimum Gasteiger partial charge on any atom is -0.460 e. The van der Waals surface area contributed by atoms with Gasteiger partial charge >= 0.3 is 0 Å². The third kappa shape index (κ3) is 1.61. The highest BCUT2D eigenvalue weighted by Crippen LogP contribution is 2.18. The highest BCUT2D eigenvalue weighted by Gasteiger charge is 2.17. The maximum Gasteiger partial charge on any atom is 0.265 e. The fraction of sp³-hybridized carbons (Fsp3) is 0. The van der Waals surface area contributed by atoms with E-state index in [-0.39, 0.29) is 16.9 Å². The van der Waals surface area contributed by atoms with Crippen LogP contribution in [0.1, 0.15) is 10.6 Å². The molecule has 1 heterocycles. The lowest BCUT2D eigenvalue weighted by molar-refractivity contribution is 0.109. The molecule has 0 amide bonds. The Morgan fingerprint density at radius 3 is 2.55 bits per heavy atom. The van der Waals surface area contributed by atoms with E-state index in [1.54, 1.807) is 0 Å². The minimum atomic E-state index is -3.86. The van der Waals surface area contributed by atoms with Crippen LogP contribution in [0.4, 0.5) is 0 Å². The van der Waals surface area contributed by atoms with Crippen molar-refractivity contribution in [1.82, 2.24) is 0 Å². The highest BCUT2D eigenvalue weighted by atomic mass is 35.7. The van der Waals surface area contributed by atoms with Crippen molar-refractivity contribution in [1.29, 1.82) is 0 Å². The average Bonchev–Trinajstić information content (AvgIpc) is 2.31. The maximum absolute atomic E-state index is 10.6. The number of aldehydes is 1. The van der Waals surface area contributed by atoms with Crippen molar-refractivity contribution in [3.8, 4) is 0 Å². The Kier molecular flexibility index (Phi) is 2.01. The molecule has 0 aliphatic carbocycles. The zero-order valence-electron chi connectivity index (χ0n) is 5.15. The second-order valence-electron chi connectivity index (χ2n) is 1.70. The summed E-state index contributed by atoms with van der Waals surface area (Å²) in [7, 11) is 1.08. The molecule has 0 radical (unpaired) electrons. The standard InChI is InChI=1S/C5H3ClO4S/c6-11(8,9)5-1-2-10-4(5)3-7/h1-3H. The van der Waals surface area contributed by atoms with Gasteiger partial charge in [0.2, 0.25) is 0 Å². The summed E-state index contributed by atoms with van der Waals surface area (Å²) in [5.74, 6) is -0.278. The van der Waals surface area contributed by atoms with E-state index in [9.17, 15) is 13.2 Å². The molecule has 1 aromatic heterocycles. The molecule has 0 atom stereocenters. The van der Waals surface area contributed by atoms with Gasteiger partial charge in [-0.15, -0.1) is 0 Å². The van der Waals surface area contributed by atoms with Gasteiger partial charge in [0.1, 0.15) is 4.90 Å². The highest BCUT2D eigenvalue weighted by molar-refractivity contribution is 8.13. The normalized spacial score (nSPS) is 11.4. The summed E-state index contributed by atoms with van der Waals surface area (Å²) < 4.78 is 25.7.